The SMILES string of the molecule is Cc1cc(OC(=O)C2[C@H]3CCCC[C@@H]23)c(C(C)C)cc1Cl. The molecule has 3 heteroatoms. The fourth-order valence-corrected chi connectivity index (χ4v) is 3.90. The molecule has 2 aliphatic rings. The average molecular weight is 307 g/mol. The van der Waals surface area contributed by atoms with Crippen LogP contribution in [0.2, 0.25) is 5.02 Å². The van der Waals surface area contributed by atoms with Gasteiger partial charge in [-0.2, -0.15) is 0 Å². The molecule has 2 fully saturated rings. The standard InChI is InChI=1S/C18H23ClO2/c1-10(2)14-9-15(19)11(3)8-16(14)21-18(20)17-12-6-4-5-7-13(12)17/h8-10,12-13,17H,4-7H2,1-3H3/t12-,13+,17?. The van der Waals surface area contributed by atoms with E-state index in [1.54, 1.807) is 0 Å². The fourth-order valence-electron chi connectivity index (χ4n) is 3.73. The molecule has 0 heterocycles. The molecule has 3 rings (SSSR count). The number of esters is 1. The molecule has 114 valence electrons. The van der Waals surface area contributed by atoms with E-state index >= 15 is 0 Å². The Morgan fingerprint density at radius 2 is 1.86 bits per heavy atom. The van der Waals surface area contributed by atoms with E-state index in [9.17, 15) is 4.79 Å². The maximum absolute atomic E-state index is 12.5. The lowest BCUT2D eigenvalue weighted by atomic mass is 10.0. The number of aryl methyl sites for hydroxylation is 1. The Bertz CT molecular complexity index is 553. The summed E-state index contributed by atoms with van der Waals surface area (Å²) < 4.78 is 5.76. The van der Waals surface area contributed by atoms with Crippen LogP contribution in [0.3, 0.4) is 0 Å². The molecule has 0 N–H and O–H groups in total. The molecule has 0 aromatic heterocycles. The molecule has 1 unspecified atom stereocenters. The first-order chi connectivity index (χ1) is 9.99. The van der Waals surface area contributed by atoms with Gasteiger partial charge >= 0.3 is 5.97 Å². The van der Waals surface area contributed by atoms with E-state index in [0.29, 0.717) is 17.6 Å². The van der Waals surface area contributed by atoms with Gasteiger partial charge in [-0.05, 0) is 60.8 Å². The molecule has 0 spiro atoms. The van der Waals surface area contributed by atoms with Crippen molar-refractivity contribution in [2.24, 2.45) is 17.8 Å². The second kappa shape index (κ2) is 5.64. The number of hydrogen-bond donors (Lipinski definition) is 0. The van der Waals surface area contributed by atoms with Crippen LogP contribution < -0.4 is 4.74 Å². The van der Waals surface area contributed by atoms with Crippen molar-refractivity contribution in [3.63, 3.8) is 0 Å². The van der Waals surface area contributed by atoms with Crippen LogP contribution in [0, 0.1) is 24.7 Å². The van der Waals surface area contributed by atoms with E-state index in [1.165, 1.54) is 25.7 Å². The molecule has 1 aromatic rings. The van der Waals surface area contributed by atoms with Gasteiger partial charge in [0.2, 0.25) is 0 Å². The van der Waals surface area contributed by atoms with Crippen molar-refractivity contribution in [1.82, 2.24) is 0 Å². The molecule has 1 aromatic carbocycles. The summed E-state index contributed by atoms with van der Waals surface area (Å²) in [5.74, 6) is 2.26. The number of carbonyl (C=O) groups is 1. The number of hydrogen-bond acceptors (Lipinski definition) is 2. The highest BCUT2D eigenvalue weighted by Crippen LogP contribution is 2.56. The van der Waals surface area contributed by atoms with Crippen LogP contribution >= 0.6 is 11.6 Å². The zero-order chi connectivity index (χ0) is 15.1. The minimum Gasteiger partial charge on any atom is -0.426 e. The predicted octanol–water partition coefficient (Wildman–Crippen LogP) is 5.11. The second-order valence-corrected chi connectivity index (χ2v) is 7.26. The first kappa shape index (κ1) is 14.9. The zero-order valence-corrected chi connectivity index (χ0v) is 13.7. The van der Waals surface area contributed by atoms with Crippen LogP contribution in [-0.4, -0.2) is 5.97 Å². The second-order valence-electron chi connectivity index (χ2n) is 6.85. The Balaban J connectivity index is 1.78. The molecule has 0 bridgehead atoms. The Labute approximate surface area is 131 Å². The van der Waals surface area contributed by atoms with Crippen LogP contribution in [0.5, 0.6) is 5.75 Å². The number of benzene rings is 1. The molecule has 3 atom stereocenters. The van der Waals surface area contributed by atoms with Gasteiger partial charge in [0.05, 0.1) is 5.92 Å². The number of ether oxygens (including phenoxy) is 1. The average Bonchev–Trinajstić information content (AvgIpc) is 3.16. The lowest BCUT2D eigenvalue weighted by Gasteiger charge is -2.15. The lowest BCUT2D eigenvalue weighted by Crippen LogP contribution is -2.14. The third kappa shape index (κ3) is 2.83. The maximum atomic E-state index is 12.5. The van der Waals surface area contributed by atoms with E-state index in [2.05, 4.69) is 13.8 Å². The quantitative estimate of drug-likeness (QED) is 0.572. The number of fused-ring (bicyclic) bond motifs is 1. The van der Waals surface area contributed by atoms with Gasteiger partial charge in [0.25, 0.3) is 0 Å². The summed E-state index contributed by atoms with van der Waals surface area (Å²) in [5, 5.41) is 0.735. The number of halogens is 1. The molecular formula is C18H23ClO2. The molecule has 0 radical (unpaired) electrons. The van der Waals surface area contributed by atoms with Gasteiger partial charge in [-0.15, -0.1) is 0 Å². The summed E-state index contributed by atoms with van der Waals surface area (Å²) in [6, 6.07) is 3.84. The summed E-state index contributed by atoms with van der Waals surface area (Å²) >= 11 is 6.20. The topological polar surface area (TPSA) is 26.3 Å². The van der Waals surface area contributed by atoms with Crippen molar-refractivity contribution >= 4 is 17.6 Å². The van der Waals surface area contributed by atoms with Crippen molar-refractivity contribution in [2.45, 2.75) is 52.4 Å². The summed E-state index contributed by atoms with van der Waals surface area (Å²) in [5.41, 5.74) is 1.97. The van der Waals surface area contributed by atoms with Crippen LogP contribution in [-0.2, 0) is 4.79 Å². The van der Waals surface area contributed by atoms with Gasteiger partial charge in [0.15, 0.2) is 0 Å². The zero-order valence-electron chi connectivity index (χ0n) is 13.0. The predicted molar refractivity (Wildman–Crippen MR) is 84.9 cm³/mol. The largest absolute Gasteiger partial charge is 0.426 e. The van der Waals surface area contributed by atoms with Crippen molar-refractivity contribution in [1.29, 1.82) is 0 Å². The molecular weight excluding hydrogens is 284 g/mol. The van der Waals surface area contributed by atoms with E-state index in [0.717, 1.165) is 16.1 Å². The van der Waals surface area contributed by atoms with Crippen LogP contribution in [0.25, 0.3) is 0 Å². The Morgan fingerprint density at radius 1 is 1.24 bits per heavy atom. The summed E-state index contributed by atoms with van der Waals surface area (Å²) in [4.78, 5) is 12.5. The van der Waals surface area contributed by atoms with Gasteiger partial charge in [0, 0.05) is 5.02 Å². The first-order valence-electron chi connectivity index (χ1n) is 8.00. The van der Waals surface area contributed by atoms with E-state index in [4.69, 9.17) is 16.3 Å². The first-order valence-corrected chi connectivity index (χ1v) is 8.38. The normalized spacial score (nSPS) is 27.4. The van der Waals surface area contributed by atoms with Crippen LogP contribution in [0.15, 0.2) is 12.1 Å². The minimum atomic E-state index is -0.0319. The van der Waals surface area contributed by atoms with Gasteiger partial charge in [-0.1, -0.05) is 38.3 Å². The van der Waals surface area contributed by atoms with Crippen molar-refractivity contribution in [2.75, 3.05) is 0 Å². The van der Waals surface area contributed by atoms with Crippen molar-refractivity contribution < 1.29 is 9.53 Å². The van der Waals surface area contributed by atoms with Gasteiger partial charge in [-0.25, -0.2) is 0 Å². The van der Waals surface area contributed by atoms with Gasteiger partial charge in [0.1, 0.15) is 5.75 Å². The summed E-state index contributed by atoms with van der Waals surface area (Å²) in [7, 11) is 0. The Kier molecular flexibility index (Phi) is 4.00. The molecule has 0 aliphatic heterocycles. The third-order valence-corrected chi connectivity index (χ3v) is 5.46. The Hall–Kier alpha value is -1.02. The van der Waals surface area contributed by atoms with E-state index < -0.39 is 0 Å². The lowest BCUT2D eigenvalue weighted by molar-refractivity contribution is -0.136. The van der Waals surface area contributed by atoms with Crippen LogP contribution in [0.4, 0.5) is 0 Å². The monoisotopic (exact) mass is 306 g/mol. The molecule has 0 saturated heterocycles. The van der Waals surface area contributed by atoms with Gasteiger partial charge < -0.3 is 4.74 Å². The van der Waals surface area contributed by atoms with Crippen molar-refractivity contribution in [3.8, 4) is 5.75 Å². The Morgan fingerprint density at radius 3 is 2.43 bits per heavy atom. The van der Waals surface area contributed by atoms with Crippen molar-refractivity contribution in [3.05, 3.63) is 28.3 Å². The smallest absolute Gasteiger partial charge is 0.314 e. The van der Waals surface area contributed by atoms with Crippen LogP contribution in [0.1, 0.15) is 56.6 Å². The maximum Gasteiger partial charge on any atom is 0.314 e. The minimum absolute atomic E-state index is 0.0319. The highest BCUT2D eigenvalue weighted by Gasteiger charge is 2.55. The number of carbonyl (C=O) groups excluding carboxylic acids is 1. The molecule has 21 heavy (non-hydrogen) atoms. The number of rotatable bonds is 3. The van der Waals surface area contributed by atoms with Gasteiger partial charge in [-0.3, -0.25) is 4.79 Å². The molecule has 2 nitrogen and oxygen atoms in total. The molecule has 2 aliphatic carbocycles. The third-order valence-electron chi connectivity index (χ3n) is 5.05. The highest BCUT2D eigenvalue weighted by molar-refractivity contribution is 6.31. The highest BCUT2D eigenvalue weighted by atomic mass is 35.5. The van der Waals surface area contributed by atoms with E-state index in [1.807, 2.05) is 19.1 Å². The molecule has 2 saturated carbocycles. The van der Waals surface area contributed by atoms with E-state index in [-0.39, 0.29) is 17.8 Å². The fraction of sp³-hybridized carbons (Fsp3) is 0.611. The summed E-state index contributed by atoms with van der Waals surface area (Å²) in [6.45, 7) is 6.13. The molecule has 0 amide bonds. The summed E-state index contributed by atoms with van der Waals surface area (Å²) in [6.07, 6.45) is 4.92.